The van der Waals surface area contributed by atoms with E-state index in [0.717, 1.165) is 24.1 Å². The number of fused-ring (bicyclic) bond motifs is 1. The molecule has 176 valence electrons. The topological polar surface area (TPSA) is 119 Å². The van der Waals surface area contributed by atoms with Crippen LogP contribution in [0.25, 0.3) is 0 Å². The SMILES string of the molecule is CC1=C[C@H](c2c(O)cc(O)cc2C(F)(F)C(=O)OCCCCO[N+](=O)[O-])[C@H]2C[C@@H]1C2(C)C. The molecule has 3 atom stereocenters. The molecule has 3 aliphatic rings. The Morgan fingerprint density at radius 3 is 2.53 bits per heavy atom. The van der Waals surface area contributed by atoms with Crippen LogP contribution in [0.1, 0.15) is 57.1 Å². The van der Waals surface area contributed by atoms with Gasteiger partial charge in [-0.15, -0.1) is 10.1 Å². The monoisotopic (exact) mass is 455 g/mol. The van der Waals surface area contributed by atoms with E-state index in [4.69, 9.17) is 4.74 Å². The first-order valence-corrected chi connectivity index (χ1v) is 10.4. The molecule has 2 N–H and O–H groups in total. The first-order valence-electron chi connectivity index (χ1n) is 10.4. The first kappa shape index (κ1) is 23.7. The molecule has 8 nitrogen and oxygen atoms in total. The third-order valence-electron chi connectivity index (χ3n) is 6.81. The number of alkyl halides is 2. The number of carbonyl (C=O) groups excluding carboxylic acids is 1. The standard InChI is InChI=1S/C22H27F2NO7/c1-12-8-14(16-11-15(12)21(16,2)3)19-17(9-13(26)10-18(19)27)22(23,24)20(28)31-6-4-5-7-32-25(29)30/h8-10,14-16,26-27H,4-7,11H2,1-3H3/t14-,15-,16+/m0/s1. The Hall–Kier alpha value is -2.91. The molecule has 4 rings (SSSR count). The van der Waals surface area contributed by atoms with Gasteiger partial charge in [-0.3, -0.25) is 0 Å². The number of benzene rings is 1. The summed E-state index contributed by atoms with van der Waals surface area (Å²) in [5.74, 6) is -7.22. The summed E-state index contributed by atoms with van der Waals surface area (Å²) in [6.45, 7) is 5.43. The Labute approximate surface area is 183 Å². The van der Waals surface area contributed by atoms with E-state index < -0.39 is 40.0 Å². The van der Waals surface area contributed by atoms with E-state index in [-0.39, 0.29) is 43.0 Å². The molecule has 1 aromatic carbocycles. The second kappa shape index (κ2) is 8.55. The molecule has 0 heterocycles. The summed E-state index contributed by atoms with van der Waals surface area (Å²) < 4.78 is 35.1. The molecule has 3 aliphatic carbocycles. The van der Waals surface area contributed by atoms with Gasteiger partial charge in [0.1, 0.15) is 11.5 Å². The van der Waals surface area contributed by atoms with Crippen molar-refractivity contribution in [2.24, 2.45) is 17.3 Å². The predicted octanol–water partition coefficient (Wildman–Crippen LogP) is 4.43. The number of phenolic OH excluding ortho intramolecular Hbond substituents is 2. The minimum atomic E-state index is -4.12. The maximum Gasteiger partial charge on any atom is 0.382 e. The van der Waals surface area contributed by atoms with Gasteiger partial charge < -0.3 is 19.8 Å². The van der Waals surface area contributed by atoms with Gasteiger partial charge in [-0.2, -0.15) is 8.78 Å². The Kier molecular flexibility index (Phi) is 6.35. The second-order valence-corrected chi connectivity index (χ2v) is 9.05. The van der Waals surface area contributed by atoms with E-state index in [0.29, 0.717) is 5.92 Å². The number of aromatic hydroxyl groups is 2. The molecule has 0 aromatic heterocycles. The van der Waals surface area contributed by atoms with Gasteiger partial charge in [-0.1, -0.05) is 25.5 Å². The van der Waals surface area contributed by atoms with Gasteiger partial charge in [0.15, 0.2) is 0 Å². The van der Waals surface area contributed by atoms with Gasteiger partial charge in [0, 0.05) is 23.1 Å². The molecular weight excluding hydrogens is 428 g/mol. The first-order chi connectivity index (χ1) is 14.9. The number of rotatable bonds is 9. The number of nitrogens with zero attached hydrogens (tertiary/aromatic N) is 1. The third kappa shape index (κ3) is 4.22. The van der Waals surface area contributed by atoms with Crippen LogP contribution < -0.4 is 0 Å². The van der Waals surface area contributed by atoms with E-state index >= 15 is 8.78 Å². The largest absolute Gasteiger partial charge is 0.508 e. The van der Waals surface area contributed by atoms with E-state index in [1.807, 2.05) is 13.0 Å². The number of phenols is 2. The Morgan fingerprint density at radius 2 is 1.94 bits per heavy atom. The highest BCUT2D eigenvalue weighted by atomic mass is 19.3. The average Bonchev–Trinajstić information content (AvgIpc) is 2.68. The van der Waals surface area contributed by atoms with Crippen LogP contribution in [0.15, 0.2) is 23.8 Å². The third-order valence-corrected chi connectivity index (χ3v) is 6.81. The zero-order valence-corrected chi connectivity index (χ0v) is 18.1. The van der Waals surface area contributed by atoms with Crippen LogP contribution in [0.2, 0.25) is 0 Å². The molecular formula is C22H27F2NO7. The van der Waals surface area contributed by atoms with Gasteiger partial charge in [-0.25, -0.2) is 4.79 Å². The molecule has 10 heteroatoms. The van der Waals surface area contributed by atoms with Crippen LogP contribution in [0.4, 0.5) is 8.78 Å². The fraction of sp³-hybridized carbons (Fsp3) is 0.591. The van der Waals surface area contributed by atoms with E-state index in [9.17, 15) is 25.1 Å². The maximum atomic E-state index is 15.2. The summed E-state index contributed by atoms with van der Waals surface area (Å²) >= 11 is 0. The van der Waals surface area contributed by atoms with E-state index in [1.54, 1.807) is 0 Å². The molecule has 1 saturated carbocycles. The van der Waals surface area contributed by atoms with Crippen molar-refractivity contribution in [2.75, 3.05) is 13.2 Å². The summed E-state index contributed by atoms with van der Waals surface area (Å²) in [7, 11) is 0. The summed E-state index contributed by atoms with van der Waals surface area (Å²) in [4.78, 5) is 26.4. The average molecular weight is 455 g/mol. The summed E-state index contributed by atoms with van der Waals surface area (Å²) in [6.07, 6.45) is 2.89. The van der Waals surface area contributed by atoms with Crippen molar-refractivity contribution in [1.82, 2.24) is 0 Å². The van der Waals surface area contributed by atoms with Crippen molar-refractivity contribution in [3.8, 4) is 11.5 Å². The quantitative estimate of drug-likeness (QED) is 0.186. The van der Waals surface area contributed by atoms with E-state index in [2.05, 4.69) is 18.7 Å². The maximum absolute atomic E-state index is 15.2. The highest BCUT2D eigenvalue weighted by molar-refractivity contribution is 5.81. The number of hydrogen-bond donors (Lipinski definition) is 2. The summed E-state index contributed by atoms with van der Waals surface area (Å²) in [5.41, 5.74) is 0.0301. The zero-order chi connectivity index (χ0) is 23.8. The van der Waals surface area contributed by atoms with Gasteiger partial charge in [0.2, 0.25) is 0 Å². The van der Waals surface area contributed by atoms with Gasteiger partial charge in [0.05, 0.1) is 13.2 Å². The highest BCUT2D eigenvalue weighted by Crippen LogP contribution is 2.65. The number of unbranched alkanes of at least 4 members (excludes halogenated alkanes) is 1. The lowest BCUT2D eigenvalue weighted by Crippen LogP contribution is -2.51. The summed E-state index contributed by atoms with van der Waals surface area (Å²) in [6, 6.07) is 1.79. The molecule has 0 radical (unpaired) electrons. The lowest BCUT2D eigenvalue weighted by Gasteiger charge is -2.59. The molecule has 0 unspecified atom stereocenters. The van der Waals surface area contributed by atoms with Crippen molar-refractivity contribution < 1.29 is 38.4 Å². The molecule has 2 bridgehead atoms. The minimum Gasteiger partial charge on any atom is -0.508 e. The van der Waals surface area contributed by atoms with Gasteiger partial charge in [0.25, 0.3) is 5.09 Å². The van der Waals surface area contributed by atoms with Crippen LogP contribution in [0.3, 0.4) is 0 Å². The molecule has 0 spiro atoms. The second-order valence-electron chi connectivity index (χ2n) is 9.05. The number of allylic oxidation sites excluding steroid dienone is 2. The van der Waals surface area contributed by atoms with Crippen molar-refractivity contribution in [2.45, 2.75) is 51.9 Å². The Balaban J connectivity index is 1.83. The van der Waals surface area contributed by atoms with Crippen LogP contribution in [-0.2, 0) is 20.3 Å². The lowest BCUT2D eigenvalue weighted by atomic mass is 9.45. The molecule has 32 heavy (non-hydrogen) atoms. The van der Waals surface area contributed by atoms with Gasteiger partial charge in [-0.05, 0) is 49.5 Å². The minimum absolute atomic E-state index is 0.00110. The zero-order valence-electron chi connectivity index (χ0n) is 18.1. The van der Waals surface area contributed by atoms with Crippen molar-refractivity contribution in [1.29, 1.82) is 0 Å². The molecule has 1 aromatic rings. The fourth-order valence-electron chi connectivity index (χ4n) is 5.08. The van der Waals surface area contributed by atoms with Crippen molar-refractivity contribution >= 4 is 5.97 Å². The molecule has 1 fully saturated rings. The fourth-order valence-corrected chi connectivity index (χ4v) is 5.08. The molecule has 0 amide bonds. The molecule has 0 saturated heterocycles. The lowest BCUT2D eigenvalue weighted by molar-refractivity contribution is -0.757. The van der Waals surface area contributed by atoms with E-state index in [1.165, 1.54) is 0 Å². The predicted molar refractivity (Wildman–Crippen MR) is 109 cm³/mol. The number of halogens is 2. The normalized spacial score (nSPS) is 23.7. The van der Waals surface area contributed by atoms with Crippen molar-refractivity contribution in [3.63, 3.8) is 0 Å². The number of carbonyl (C=O) groups is 1. The van der Waals surface area contributed by atoms with Crippen LogP contribution in [-0.4, -0.2) is 34.5 Å². The number of hydrogen-bond acceptors (Lipinski definition) is 7. The van der Waals surface area contributed by atoms with Crippen LogP contribution in [0, 0.1) is 27.4 Å². The Morgan fingerprint density at radius 1 is 1.28 bits per heavy atom. The smallest absolute Gasteiger partial charge is 0.382 e. The van der Waals surface area contributed by atoms with Crippen molar-refractivity contribution in [3.05, 3.63) is 45.0 Å². The summed E-state index contributed by atoms with van der Waals surface area (Å²) in [5, 5.41) is 29.5. The highest BCUT2D eigenvalue weighted by Gasteiger charge is 2.56. The van der Waals surface area contributed by atoms with Crippen LogP contribution >= 0.6 is 0 Å². The Bertz CT molecular complexity index is 944. The van der Waals surface area contributed by atoms with Gasteiger partial charge >= 0.3 is 11.9 Å². The number of ether oxygens (including phenoxy) is 1. The van der Waals surface area contributed by atoms with Crippen LogP contribution in [0.5, 0.6) is 11.5 Å². The number of esters is 1. The molecule has 0 aliphatic heterocycles.